The van der Waals surface area contributed by atoms with Crippen molar-refractivity contribution in [3.05, 3.63) is 58.8 Å². The number of hydrogen-bond acceptors (Lipinski definition) is 5. The molecule has 20 heavy (non-hydrogen) atoms. The van der Waals surface area contributed by atoms with Gasteiger partial charge in [0.2, 0.25) is 0 Å². The summed E-state index contributed by atoms with van der Waals surface area (Å²) in [5.41, 5.74) is 2.60. The van der Waals surface area contributed by atoms with E-state index in [0.29, 0.717) is 16.7 Å². The second kappa shape index (κ2) is 4.58. The largest absolute Gasteiger partial charge is 0.508 e. The lowest BCUT2D eigenvalue weighted by molar-refractivity contribution is -0.384. The lowest BCUT2D eigenvalue weighted by Gasteiger charge is -2.03. The molecule has 0 amide bonds. The van der Waals surface area contributed by atoms with E-state index in [1.807, 2.05) is 0 Å². The van der Waals surface area contributed by atoms with Gasteiger partial charge in [-0.25, -0.2) is 4.98 Å². The van der Waals surface area contributed by atoms with Gasteiger partial charge in [-0.1, -0.05) is 0 Å². The predicted octanol–water partition coefficient (Wildman–Crippen LogP) is 2.91. The summed E-state index contributed by atoms with van der Waals surface area (Å²) in [4.78, 5) is 18.8. The molecule has 0 fully saturated rings. The fourth-order valence-corrected chi connectivity index (χ4v) is 1.89. The SMILES string of the molecule is O=[N+]([O-])c1ccc(-c2cnc3ccc(O)cc3n2)cc1. The zero-order chi connectivity index (χ0) is 14.1. The molecule has 6 heteroatoms. The number of rotatable bonds is 2. The van der Waals surface area contributed by atoms with Crippen molar-refractivity contribution in [3.8, 4) is 17.0 Å². The van der Waals surface area contributed by atoms with Crippen LogP contribution in [0.3, 0.4) is 0 Å². The summed E-state index contributed by atoms with van der Waals surface area (Å²) >= 11 is 0. The monoisotopic (exact) mass is 267 g/mol. The summed E-state index contributed by atoms with van der Waals surface area (Å²) in [6.07, 6.45) is 1.60. The number of fused-ring (bicyclic) bond motifs is 1. The van der Waals surface area contributed by atoms with Crippen LogP contribution in [0.1, 0.15) is 0 Å². The van der Waals surface area contributed by atoms with Gasteiger partial charge in [0.05, 0.1) is 27.8 Å². The number of aromatic hydroxyl groups is 1. The lowest BCUT2D eigenvalue weighted by Crippen LogP contribution is -1.90. The van der Waals surface area contributed by atoms with Crippen LogP contribution in [0.15, 0.2) is 48.7 Å². The van der Waals surface area contributed by atoms with Crippen LogP contribution in [-0.4, -0.2) is 20.0 Å². The Morgan fingerprint density at radius 3 is 2.50 bits per heavy atom. The first-order valence-corrected chi connectivity index (χ1v) is 5.84. The van der Waals surface area contributed by atoms with E-state index in [1.165, 1.54) is 18.2 Å². The van der Waals surface area contributed by atoms with Gasteiger partial charge < -0.3 is 5.11 Å². The number of nitro benzene ring substituents is 1. The summed E-state index contributed by atoms with van der Waals surface area (Å²) in [6.45, 7) is 0. The zero-order valence-corrected chi connectivity index (χ0v) is 10.2. The molecule has 0 saturated heterocycles. The molecule has 0 spiro atoms. The maximum atomic E-state index is 10.6. The first kappa shape index (κ1) is 12.0. The van der Waals surface area contributed by atoms with Crippen LogP contribution in [0.5, 0.6) is 5.75 Å². The molecule has 1 N–H and O–H groups in total. The standard InChI is InChI=1S/C14H9N3O3/c18-11-5-6-12-13(7-11)16-14(8-15-12)9-1-3-10(4-2-9)17(19)20/h1-8,18H. The zero-order valence-electron chi connectivity index (χ0n) is 10.2. The molecular weight excluding hydrogens is 258 g/mol. The van der Waals surface area contributed by atoms with Gasteiger partial charge in [0.15, 0.2) is 0 Å². The molecular formula is C14H9N3O3. The van der Waals surface area contributed by atoms with Crippen LogP contribution in [0.2, 0.25) is 0 Å². The van der Waals surface area contributed by atoms with Crippen molar-refractivity contribution in [1.82, 2.24) is 9.97 Å². The van der Waals surface area contributed by atoms with Crippen LogP contribution >= 0.6 is 0 Å². The summed E-state index contributed by atoms with van der Waals surface area (Å²) in [5.74, 6) is 0.118. The van der Waals surface area contributed by atoms with Gasteiger partial charge in [0.25, 0.3) is 5.69 Å². The maximum Gasteiger partial charge on any atom is 0.269 e. The van der Waals surface area contributed by atoms with Crippen LogP contribution in [0.4, 0.5) is 5.69 Å². The molecule has 3 rings (SSSR count). The summed E-state index contributed by atoms with van der Waals surface area (Å²) in [6, 6.07) is 10.8. The number of nitro groups is 1. The molecule has 3 aromatic rings. The third-order valence-electron chi connectivity index (χ3n) is 2.90. The van der Waals surface area contributed by atoms with E-state index in [0.717, 1.165) is 5.56 Å². The van der Waals surface area contributed by atoms with Gasteiger partial charge in [0, 0.05) is 23.8 Å². The van der Waals surface area contributed by atoms with Crippen molar-refractivity contribution >= 4 is 16.7 Å². The molecule has 6 nitrogen and oxygen atoms in total. The highest BCUT2D eigenvalue weighted by atomic mass is 16.6. The predicted molar refractivity (Wildman–Crippen MR) is 73.3 cm³/mol. The lowest BCUT2D eigenvalue weighted by atomic mass is 10.1. The van der Waals surface area contributed by atoms with Crippen molar-refractivity contribution < 1.29 is 10.0 Å². The van der Waals surface area contributed by atoms with Crippen molar-refractivity contribution in [2.75, 3.05) is 0 Å². The fraction of sp³-hybridized carbons (Fsp3) is 0. The van der Waals surface area contributed by atoms with Crippen LogP contribution in [0.25, 0.3) is 22.3 Å². The quantitative estimate of drug-likeness (QED) is 0.569. The molecule has 2 aromatic carbocycles. The smallest absolute Gasteiger partial charge is 0.269 e. The van der Waals surface area contributed by atoms with Crippen molar-refractivity contribution in [2.45, 2.75) is 0 Å². The molecule has 98 valence electrons. The highest BCUT2D eigenvalue weighted by molar-refractivity contribution is 5.78. The van der Waals surface area contributed by atoms with Gasteiger partial charge in [-0.2, -0.15) is 0 Å². The Hall–Kier alpha value is -3.02. The molecule has 0 atom stereocenters. The minimum Gasteiger partial charge on any atom is -0.508 e. The minimum atomic E-state index is -0.451. The Bertz CT molecular complexity index is 800. The third-order valence-corrected chi connectivity index (χ3v) is 2.90. The molecule has 0 aliphatic heterocycles. The maximum absolute atomic E-state index is 10.6. The average molecular weight is 267 g/mol. The number of aromatic nitrogens is 2. The second-order valence-electron chi connectivity index (χ2n) is 4.23. The molecule has 0 unspecified atom stereocenters. The van der Waals surface area contributed by atoms with E-state index in [-0.39, 0.29) is 11.4 Å². The van der Waals surface area contributed by atoms with Gasteiger partial charge in [-0.3, -0.25) is 15.1 Å². The normalized spacial score (nSPS) is 10.6. The molecule has 0 bridgehead atoms. The van der Waals surface area contributed by atoms with Gasteiger partial charge in [-0.15, -0.1) is 0 Å². The number of phenols is 1. The van der Waals surface area contributed by atoms with E-state index in [4.69, 9.17) is 0 Å². The van der Waals surface area contributed by atoms with Gasteiger partial charge >= 0.3 is 0 Å². The minimum absolute atomic E-state index is 0.0279. The topological polar surface area (TPSA) is 89.2 Å². The third kappa shape index (κ3) is 2.14. The van der Waals surface area contributed by atoms with Crippen LogP contribution in [-0.2, 0) is 0 Å². The Morgan fingerprint density at radius 1 is 1.05 bits per heavy atom. The Balaban J connectivity index is 2.07. The van der Waals surface area contributed by atoms with E-state index < -0.39 is 4.92 Å². The Labute approximate surface area is 113 Å². The summed E-state index contributed by atoms with van der Waals surface area (Å²) in [7, 11) is 0. The first-order valence-electron chi connectivity index (χ1n) is 5.84. The summed E-state index contributed by atoms with van der Waals surface area (Å²) in [5, 5.41) is 20.1. The second-order valence-corrected chi connectivity index (χ2v) is 4.23. The molecule has 0 radical (unpaired) electrons. The number of non-ortho nitro benzene ring substituents is 1. The number of hydrogen-bond donors (Lipinski definition) is 1. The van der Waals surface area contributed by atoms with Gasteiger partial charge in [-0.05, 0) is 24.3 Å². The average Bonchev–Trinajstić information content (AvgIpc) is 2.46. The Kier molecular flexibility index (Phi) is 2.76. The van der Waals surface area contributed by atoms with Crippen molar-refractivity contribution in [1.29, 1.82) is 0 Å². The van der Waals surface area contributed by atoms with E-state index >= 15 is 0 Å². The van der Waals surface area contributed by atoms with Crippen LogP contribution < -0.4 is 0 Å². The van der Waals surface area contributed by atoms with Crippen LogP contribution in [0, 0.1) is 10.1 Å². The highest BCUT2D eigenvalue weighted by Gasteiger charge is 2.07. The van der Waals surface area contributed by atoms with E-state index in [1.54, 1.807) is 30.5 Å². The number of phenolic OH excluding ortho intramolecular Hbond substituents is 1. The van der Waals surface area contributed by atoms with Gasteiger partial charge in [0.1, 0.15) is 5.75 Å². The summed E-state index contributed by atoms with van der Waals surface area (Å²) < 4.78 is 0. The first-order chi connectivity index (χ1) is 9.63. The Morgan fingerprint density at radius 2 is 1.80 bits per heavy atom. The fourth-order valence-electron chi connectivity index (χ4n) is 1.89. The molecule has 0 saturated carbocycles. The van der Waals surface area contributed by atoms with E-state index in [2.05, 4.69) is 9.97 Å². The van der Waals surface area contributed by atoms with Crippen molar-refractivity contribution in [3.63, 3.8) is 0 Å². The molecule has 0 aliphatic rings. The molecule has 1 heterocycles. The number of benzene rings is 2. The van der Waals surface area contributed by atoms with E-state index in [9.17, 15) is 15.2 Å². The highest BCUT2D eigenvalue weighted by Crippen LogP contribution is 2.23. The molecule has 1 aromatic heterocycles. The molecule has 0 aliphatic carbocycles. The number of nitrogens with zero attached hydrogens (tertiary/aromatic N) is 3. The van der Waals surface area contributed by atoms with Crippen molar-refractivity contribution in [2.24, 2.45) is 0 Å².